The van der Waals surface area contributed by atoms with Gasteiger partial charge in [-0.15, -0.1) is 0 Å². The Morgan fingerprint density at radius 1 is 0.965 bits per heavy atom. The molecule has 5 atom stereocenters. The molecular weight excluding hydrogens is 747 g/mol. The van der Waals surface area contributed by atoms with Crippen molar-refractivity contribution in [1.29, 1.82) is 0 Å². The summed E-state index contributed by atoms with van der Waals surface area (Å²) in [6.07, 6.45) is 12.7. The molecule has 1 unspecified atom stereocenters. The van der Waals surface area contributed by atoms with E-state index in [1.165, 1.54) is 0 Å². The predicted molar refractivity (Wildman–Crippen MR) is 217 cm³/mol. The van der Waals surface area contributed by atoms with E-state index in [0.29, 0.717) is 42.2 Å². The third kappa shape index (κ3) is 11.4. The Hall–Kier alpha value is -4.82. The highest BCUT2D eigenvalue weighted by Crippen LogP contribution is 2.35. The fourth-order valence-electron chi connectivity index (χ4n) is 7.70. The first-order valence-electron chi connectivity index (χ1n) is 20.2. The van der Waals surface area contributed by atoms with Crippen LogP contribution in [0.3, 0.4) is 0 Å². The Kier molecular flexibility index (Phi) is 14.7. The highest BCUT2D eigenvalue weighted by Gasteiger charge is 2.44. The lowest BCUT2D eigenvalue weighted by Crippen LogP contribution is -2.53. The van der Waals surface area contributed by atoms with Crippen LogP contribution >= 0.6 is 0 Å². The van der Waals surface area contributed by atoms with Crippen LogP contribution in [0.25, 0.3) is 22.2 Å². The van der Waals surface area contributed by atoms with Gasteiger partial charge in [0, 0.05) is 60.2 Å². The number of allylic oxidation sites excluding steroid dienone is 1. The van der Waals surface area contributed by atoms with Gasteiger partial charge in [-0.25, -0.2) is 4.98 Å². The van der Waals surface area contributed by atoms with E-state index in [0.717, 1.165) is 68.7 Å². The molecule has 3 aromatic rings. The van der Waals surface area contributed by atoms with Crippen molar-refractivity contribution in [2.24, 2.45) is 11.7 Å². The quantitative estimate of drug-likeness (QED) is 0.229. The van der Waals surface area contributed by atoms with E-state index in [4.69, 9.17) is 20.2 Å². The summed E-state index contributed by atoms with van der Waals surface area (Å²) >= 11 is -1.76. The second-order valence-electron chi connectivity index (χ2n) is 15.3. The van der Waals surface area contributed by atoms with Crippen molar-refractivity contribution in [3.05, 3.63) is 66.7 Å². The van der Waals surface area contributed by atoms with Crippen molar-refractivity contribution in [3.63, 3.8) is 0 Å². The first-order valence-corrected chi connectivity index (χ1v) is 21.4. The van der Waals surface area contributed by atoms with Gasteiger partial charge in [0.05, 0.1) is 24.9 Å². The molecule has 2 saturated heterocycles. The number of methoxy groups -OCH3 is 1. The molecule has 3 N–H and O–H groups in total. The van der Waals surface area contributed by atoms with Gasteiger partial charge in [-0.2, -0.15) is 0 Å². The van der Waals surface area contributed by atoms with Crippen LogP contribution in [0.2, 0.25) is 0 Å². The number of piperidine rings is 1. The minimum Gasteiger partial charge on any atom is -0.772 e. The number of benzene rings is 2. The van der Waals surface area contributed by atoms with E-state index in [-0.39, 0.29) is 42.9 Å². The second-order valence-corrected chi connectivity index (χ2v) is 16.5. The smallest absolute Gasteiger partial charge is 0.243 e. The molecular formula is C43H54N5O8S-. The number of carbonyl (C=O) groups excluding carboxylic acids is 4. The van der Waals surface area contributed by atoms with E-state index in [2.05, 4.69) is 5.32 Å². The van der Waals surface area contributed by atoms with Crippen LogP contribution in [0, 0.1) is 5.92 Å². The first kappa shape index (κ1) is 41.8. The highest BCUT2D eigenvalue weighted by molar-refractivity contribution is 7.80. The van der Waals surface area contributed by atoms with Crippen molar-refractivity contribution < 1.29 is 37.4 Å². The SMILES string of the molecule is COc1ccc2c(O[C@@H]3C[C@H]4C(=O)N[C@H](C(N)=O)C/C=C\CCCCC[C@H](CC(=O)N5CCCCC5)C(=O)N4C3)cc(-c3ccccc3)nc2c1.O=S([O-])C1CC1. The minimum absolute atomic E-state index is 0.0113. The fourth-order valence-corrected chi connectivity index (χ4v) is 8.22. The van der Waals surface area contributed by atoms with Gasteiger partial charge in [0.1, 0.15) is 29.7 Å². The van der Waals surface area contributed by atoms with Crippen LogP contribution in [0.1, 0.15) is 83.5 Å². The molecule has 2 aromatic carbocycles. The number of hydrogen-bond donors (Lipinski definition) is 2. The zero-order valence-electron chi connectivity index (χ0n) is 32.6. The molecule has 7 rings (SSSR count). The number of pyridine rings is 1. The molecule has 1 aliphatic carbocycles. The molecule has 57 heavy (non-hydrogen) atoms. The van der Waals surface area contributed by atoms with Crippen LogP contribution in [0.5, 0.6) is 11.5 Å². The number of likely N-dealkylation sites (tertiary alicyclic amines) is 1. The molecule has 4 aliphatic rings. The van der Waals surface area contributed by atoms with Crippen LogP contribution in [-0.4, -0.2) is 97.4 Å². The normalized spacial score (nSPS) is 24.5. The molecule has 1 saturated carbocycles. The monoisotopic (exact) mass is 800 g/mol. The maximum Gasteiger partial charge on any atom is 0.243 e. The van der Waals surface area contributed by atoms with Crippen molar-refractivity contribution in [1.82, 2.24) is 20.1 Å². The van der Waals surface area contributed by atoms with Crippen molar-refractivity contribution >= 4 is 45.6 Å². The van der Waals surface area contributed by atoms with Gasteiger partial charge in [-0.3, -0.25) is 23.4 Å². The number of primary amides is 1. The molecule has 4 amide bonds. The van der Waals surface area contributed by atoms with Gasteiger partial charge in [0.15, 0.2) is 0 Å². The summed E-state index contributed by atoms with van der Waals surface area (Å²) < 4.78 is 31.7. The van der Waals surface area contributed by atoms with Gasteiger partial charge >= 0.3 is 0 Å². The number of rotatable bonds is 8. The Labute approximate surface area is 337 Å². The van der Waals surface area contributed by atoms with Gasteiger partial charge in [-0.05, 0) is 69.9 Å². The Morgan fingerprint density at radius 2 is 1.72 bits per heavy atom. The van der Waals surface area contributed by atoms with Crippen LogP contribution < -0.4 is 20.5 Å². The van der Waals surface area contributed by atoms with Crippen molar-refractivity contribution in [2.45, 2.75) is 107 Å². The van der Waals surface area contributed by atoms with E-state index in [9.17, 15) is 27.9 Å². The van der Waals surface area contributed by atoms with Crippen LogP contribution in [0.15, 0.2) is 66.7 Å². The third-order valence-electron chi connectivity index (χ3n) is 11.1. The molecule has 306 valence electrons. The minimum atomic E-state index is -1.76. The van der Waals surface area contributed by atoms with E-state index < -0.39 is 47.0 Å². The number of ether oxygens (including phenoxy) is 2. The maximum absolute atomic E-state index is 14.6. The third-order valence-corrected chi connectivity index (χ3v) is 12.1. The Balaban J connectivity index is 0.000000837. The van der Waals surface area contributed by atoms with E-state index >= 15 is 0 Å². The molecule has 3 aliphatic heterocycles. The molecule has 1 aromatic heterocycles. The lowest BCUT2D eigenvalue weighted by atomic mass is 9.94. The highest BCUT2D eigenvalue weighted by atomic mass is 32.2. The summed E-state index contributed by atoms with van der Waals surface area (Å²) in [7, 11) is 1.60. The lowest BCUT2D eigenvalue weighted by Gasteiger charge is -2.31. The number of aromatic nitrogens is 1. The van der Waals surface area contributed by atoms with Crippen molar-refractivity contribution in [3.8, 4) is 22.8 Å². The lowest BCUT2D eigenvalue weighted by molar-refractivity contribution is -0.145. The molecule has 0 bridgehead atoms. The first-order chi connectivity index (χ1) is 27.6. The summed E-state index contributed by atoms with van der Waals surface area (Å²) in [6.45, 7) is 1.57. The summed E-state index contributed by atoms with van der Waals surface area (Å²) in [5, 5.41) is 3.61. The average molecular weight is 801 g/mol. The van der Waals surface area contributed by atoms with Crippen molar-refractivity contribution in [2.75, 3.05) is 26.7 Å². The predicted octanol–water partition coefficient (Wildman–Crippen LogP) is 5.19. The second kappa shape index (κ2) is 20.0. The van der Waals surface area contributed by atoms with Crippen LogP contribution in [0.4, 0.5) is 0 Å². The number of hydrogen-bond acceptors (Lipinski definition) is 9. The number of carbonyl (C=O) groups is 4. The van der Waals surface area contributed by atoms with Gasteiger partial charge in [0.2, 0.25) is 23.6 Å². The summed E-state index contributed by atoms with van der Waals surface area (Å²) in [6, 6.07) is 15.4. The standard InChI is InChI=1S/C40H49N5O6.C3H6O2S/c1-50-29-18-19-31-34(23-29)42-33(27-14-9-6-10-15-27)25-36(31)51-30-24-35-39(48)43-32(38(41)47)17-11-5-3-2-4-8-16-28(40(49)45(35)26-30)22-37(46)44-20-12-7-13-21-44;4-6(5)3-1-2-3/h5-6,9-11,14-15,18-19,23,25,28,30,32,35H,2-4,7-8,12-13,16-17,20-22,24,26H2,1H3,(H2,41,47)(H,43,48);3H,1-2H2,(H,4,5)/p-1/b11-5-;/t28-,30-,32+,35+;/m1./s1. The number of fused-ring (bicyclic) bond motifs is 2. The fraction of sp³-hybridized carbons (Fsp3) is 0.512. The largest absolute Gasteiger partial charge is 0.772 e. The zero-order chi connectivity index (χ0) is 40.3. The number of nitrogens with zero attached hydrogens (tertiary/aromatic N) is 3. The zero-order valence-corrected chi connectivity index (χ0v) is 33.5. The Bertz CT molecular complexity index is 1930. The molecule has 4 heterocycles. The van der Waals surface area contributed by atoms with Gasteiger partial charge in [-0.1, -0.05) is 66.4 Å². The summed E-state index contributed by atoms with van der Waals surface area (Å²) in [5.74, 6) is -0.689. The Morgan fingerprint density at radius 3 is 2.40 bits per heavy atom. The number of nitrogens with one attached hydrogen (secondary N) is 1. The molecule has 0 radical (unpaired) electrons. The molecule has 14 heteroatoms. The summed E-state index contributed by atoms with van der Waals surface area (Å²) in [5.41, 5.74) is 8.02. The molecule has 3 fully saturated rings. The van der Waals surface area contributed by atoms with Gasteiger partial charge < -0.3 is 34.9 Å². The summed E-state index contributed by atoms with van der Waals surface area (Å²) in [4.78, 5) is 62.8. The maximum atomic E-state index is 14.6. The van der Waals surface area contributed by atoms with Gasteiger partial charge in [0.25, 0.3) is 0 Å². The molecule has 0 spiro atoms. The molecule has 13 nitrogen and oxygen atoms in total. The van der Waals surface area contributed by atoms with E-state index in [1.54, 1.807) is 12.0 Å². The number of amides is 4. The average Bonchev–Trinajstić information content (AvgIpc) is 4.00. The number of nitrogens with two attached hydrogens (primary N) is 1. The van der Waals surface area contributed by atoms with E-state index in [1.807, 2.05) is 71.6 Å². The van der Waals surface area contributed by atoms with Crippen LogP contribution in [-0.2, 0) is 30.3 Å². The topological polar surface area (TPSA) is 184 Å².